The summed E-state index contributed by atoms with van der Waals surface area (Å²) < 4.78 is 48.5. The number of aromatic nitrogens is 4. The molecule has 1 aliphatic heterocycles. The number of aliphatic imine (C=N–C) groups is 1. The Kier molecular flexibility index (Phi) is 8.61. The van der Waals surface area contributed by atoms with Crippen molar-refractivity contribution in [3.05, 3.63) is 78.1 Å². The van der Waals surface area contributed by atoms with Crippen molar-refractivity contribution in [3.8, 4) is 39.5 Å². The van der Waals surface area contributed by atoms with Gasteiger partial charge in [-0.15, -0.1) is 0 Å². The zero-order valence-corrected chi connectivity index (χ0v) is 26.3. The monoisotopic (exact) mass is 643 g/mol. The zero-order chi connectivity index (χ0) is 32.5. The largest absolute Gasteiger partial charge is 0.490 e. The molecule has 0 aliphatic carbocycles. The summed E-state index contributed by atoms with van der Waals surface area (Å²) in [4.78, 5) is 23.5. The fourth-order valence-electron chi connectivity index (χ4n) is 5.73. The quantitative estimate of drug-likeness (QED) is 0.0917. The molecular formula is C33H31F2N7O3S. The van der Waals surface area contributed by atoms with Crippen molar-refractivity contribution < 1.29 is 23.0 Å². The van der Waals surface area contributed by atoms with E-state index in [1.54, 1.807) is 30.4 Å². The fourth-order valence-corrected chi connectivity index (χ4v) is 6.49. The second-order valence-corrected chi connectivity index (χ2v) is 11.5. The predicted octanol–water partition coefficient (Wildman–Crippen LogP) is 5.91. The Bertz CT molecular complexity index is 2010. The molecule has 0 spiro atoms. The van der Waals surface area contributed by atoms with Crippen LogP contribution in [0.5, 0.6) is 5.75 Å². The molecule has 1 unspecified atom stereocenters. The summed E-state index contributed by atoms with van der Waals surface area (Å²) in [6.07, 6.45) is 4.60. The number of carbonyl (C=O) groups excluding carboxylic acids is 1. The molecule has 0 radical (unpaired) electrons. The van der Waals surface area contributed by atoms with Gasteiger partial charge in [0, 0.05) is 73.0 Å². The van der Waals surface area contributed by atoms with Crippen LogP contribution in [0.4, 0.5) is 14.5 Å². The number of anilines is 1. The van der Waals surface area contributed by atoms with Gasteiger partial charge in [-0.3, -0.25) is 14.5 Å². The third kappa shape index (κ3) is 5.52. The summed E-state index contributed by atoms with van der Waals surface area (Å²) in [5.74, 6) is -1.81. The molecule has 6 rings (SSSR count). The Morgan fingerprint density at radius 1 is 1.17 bits per heavy atom. The van der Waals surface area contributed by atoms with Crippen LogP contribution >= 0.6 is 11.5 Å². The first-order valence-corrected chi connectivity index (χ1v) is 15.3. The molecule has 0 saturated carbocycles. The molecule has 1 amide bonds. The molecule has 5 aromatic rings. The molecule has 4 heterocycles. The number of nitrogens with two attached hydrogens (primary N) is 1. The molecule has 10 nitrogen and oxygen atoms in total. The molecule has 1 aliphatic rings. The van der Waals surface area contributed by atoms with E-state index in [4.69, 9.17) is 25.3 Å². The summed E-state index contributed by atoms with van der Waals surface area (Å²) in [5, 5.41) is 5.46. The minimum Gasteiger partial charge on any atom is -0.490 e. The van der Waals surface area contributed by atoms with Gasteiger partial charge < -0.3 is 20.1 Å². The Morgan fingerprint density at radius 2 is 2.00 bits per heavy atom. The number of hydrogen-bond acceptors (Lipinski definition) is 9. The van der Waals surface area contributed by atoms with Crippen molar-refractivity contribution in [3.63, 3.8) is 0 Å². The highest BCUT2D eigenvalue weighted by atomic mass is 32.1. The molecule has 46 heavy (non-hydrogen) atoms. The number of nitrogen functional groups attached to an aromatic ring is 1. The van der Waals surface area contributed by atoms with E-state index >= 15 is 4.39 Å². The highest BCUT2D eigenvalue weighted by Crippen LogP contribution is 2.46. The number of fused-ring (bicyclic) bond motifs is 2. The van der Waals surface area contributed by atoms with Crippen LogP contribution in [0.15, 0.2) is 60.2 Å². The standard InChI is InChI=1S/C33H31F2N7O3S/c1-5-28(43)41-8-9-42-26(18(41)2)15-25(40-42)32-29(30-23(35)13-21(34)14-27(30)45-11-10-44-4)22-17-38-46-33(22)31(39-32)19-6-7-20(16-37-3)24(36)12-19/h5-7,12-18H,1,8-11,36H2,2-4H3. The van der Waals surface area contributed by atoms with Crippen molar-refractivity contribution in [2.24, 2.45) is 4.99 Å². The first-order valence-electron chi connectivity index (χ1n) is 14.5. The van der Waals surface area contributed by atoms with Crippen LogP contribution in [-0.4, -0.2) is 70.1 Å². The lowest BCUT2D eigenvalue weighted by atomic mass is 9.95. The molecule has 0 saturated heterocycles. The van der Waals surface area contributed by atoms with Gasteiger partial charge in [0.25, 0.3) is 0 Å². The first kappa shape index (κ1) is 31.0. The Balaban J connectivity index is 1.63. The summed E-state index contributed by atoms with van der Waals surface area (Å²) in [6.45, 7) is 6.70. The maximum Gasteiger partial charge on any atom is 0.246 e. The van der Waals surface area contributed by atoms with Crippen molar-refractivity contribution in [1.82, 2.24) is 24.0 Å². The molecule has 2 aromatic carbocycles. The van der Waals surface area contributed by atoms with Crippen molar-refractivity contribution in [2.75, 3.05) is 39.6 Å². The molecule has 236 valence electrons. The summed E-state index contributed by atoms with van der Waals surface area (Å²) in [6, 6.07) is 9.03. The average Bonchev–Trinajstić information content (AvgIpc) is 3.70. The number of halogens is 2. The van der Waals surface area contributed by atoms with Crippen molar-refractivity contribution in [2.45, 2.75) is 19.5 Å². The topological polar surface area (TPSA) is 121 Å². The number of ether oxygens (including phenoxy) is 2. The number of carbonyl (C=O) groups is 1. The minimum atomic E-state index is -0.830. The lowest BCUT2D eigenvalue weighted by molar-refractivity contribution is -0.129. The molecule has 0 fully saturated rings. The van der Waals surface area contributed by atoms with Gasteiger partial charge in [-0.2, -0.15) is 9.47 Å². The van der Waals surface area contributed by atoms with Crippen LogP contribution in [0.25, 0.3) is 43.9 Å². The van der Waals surface area contributed by atoms with E-state index < -0.39 is 11.6 Å². The summed E-state index contributed by atoms with van der Waals surface area (Å²) >= 11 is 1.20. The highest BCUT2D eigenvalue weighted by Gasteiger charge is 2.31. The number of hydrogen-bond donors (Lipinski definition) is 1. The van der Waals surface area contributed by atoms with E-state index in [2.05, 4.69) is 15.9 Å². The maximum atomic E-state index is 16.0. The number of benzene rings is 2. The molecule has 0 bridgehead atoms. The Hall–Kier alpha value is -5.01. The predicted molar refractivity (Wildman–Crippen MR) is 175 cm³/mol. The van der Waals surface area contributed by atoms with Crippen molar-refractivity contribution in [1.29, 1.82) is 0 Å². The number of methoxy groups -OCH3 is 1. The van der Waals surface area contributed by atoms with E-state index in [9.17, 15) is 9.18 Å². The van der Waals surface area contributed by atoms with Gasteiger partial charge in [-0.25, -0.2) is 13.8 Å². The van der Waals surface area contributed by atoms with Gasteiger partial charge >= 0.3 is 0 Å². The van der Waals surface area contributed by atoms with Crippen LogP contribution in [0.3, 0.4) is 0 Å². The normalized spacial score (nSPS) is 14.6. The average molecular weight is 644 g/mol. The van der Waals surface area contributed by atoms with E-state index in [0.717, 1.165) is 23.4 Å². The molecular weight excluding hydrogens is 612 g/mol. The van der Waals surface area contributed by atoms with Crippen LogP contribution in [0.2, 0.25) is 0 Å². The molecule has 3 aromatic heterocycles. The minimum absolute atomic E-state index is 0.00889. The maximum absolute atomic E-state index is 16.0. The molecule has 13 heteroatoms. The number of nitrogens with zero attached hydrogens (tertiary/aromatic N) is 6. The van der Waals surface area contributed by atoms with E-state index in [0.29, 0.717) is 57.1 Å². The first-order chi connectivity index (χ1) is 22.2. The van der Waals surface area contributed by atoms with Gasteiger partial charge in [-0.05, 0) is 36.7 Å². The third-order valence-electron chi connectivity index (χ3n) is 7.92. The second-order valence-electron chi connectivity index (χ2n) is 10.7. The van der Waals surface area contributed by atoms with Crippen LogP contribution in [0.1, 0.15) is 24.2 Å². The number of amides is 1. The van der Waals surface area contributed by atoms with Crippen LogP contribution in [0, 0.1) is 11.6 Å². The van der Waals surface area contributed by atoms with E-state index in [1.165, 1.54) is 24.7 Å². The Morgan fingerprint density at radius 3 is 2.74 bits per heavy atom. The van der Waals surface area contributed by atoms with Gasteiger partial charge in [0.2, 0.25) is 5.91 Å². The zero-order valence-electron chi connectivity index (χ0n) is 25.5. The third-order valence-corrected chi connectivity index (χ3v) is 8.72. The smallest absolute Gasteiger partial charge is 0.246 e. The number of pyridine rings is 1. The van der Waals surface area contributed by atoms with Crippen LogP contribution in [-0.2, 0) is 16.1 Å². The van der Waals surface area contributed by atoms with Crippen LogP contribution < -0.4 is 10.5 Å². The van der Waals surface area contributed by atoms with Gasteiger partial charge in [0.1, 0.15) is 35.4 Å². The van der Waals surface area contributed by atoms with Crippen molar-refractivity contribution >= 4 is 39.4 Å². The van der Waals surface area contributed by atoms with Gasteiger partial charge in [0.15, 0.2) is 0 Å². The highest BCUT2D eigenvalue weighted by molar-refractivity contribution is 7.14. The summed E-state index contributed by atoms with van der Waals surface area (Å²) in [7, 11) is 3.18. The van der Waals surface area contributed by atoms with E-state index in [-0.39, 0.29) is 36.5 Å². The number of rotatable bonds is 9. The lowest BCUT2D eigenvalue weighted by Crippen LogP contribution is -2.40. The Labute approximate surface area is 268 Å². The molecule has 1 atom stereocenters. The fraction of sp³-hybridized carbons (Fsp3) is 0.242. The summed E-state index contributed by atoms with van der Waals surface area (Å²) in [5.41, 5.74) is 10.8. The molecule has 2 N–H and O–H groups in total. The van der Waals surface area contributed by atoms with E-state index in [1.807, 2.05) is 29.8 Å². The SMILES string of the molecule is C=CC(=O)N1CCn2nc(-c3nc(-c4ccc(C=NC)c(N)c4)c4sncc4c3-c3c(F)cc(F)cc3OCCOC)cc2C1C. The lowest BCUT2D eigenvalue weighted by Gasteiger charge is -2.33. The second kappa shape index (κ2) is 12.8. The van der Waals surface area contributed by atoms with Gasteiger partial charge in [0.05, 0.1) is 40.8 Å². The van der Waals surface area contributed by atoms with Gasteiger partial charge in [-0.1, -0.05) is 18.7 Å².